The minimum atomic E-state index is -1.02. The van der Waals surface area contributed by atoms with E-state index in [0.29, 0.717) is 17.8 Å². The Morgan fingerprint density at radius 2 is 1.27 bits per heavy atom. The Kier molecular flexibility index (Phi) is 8.20. The van der Waals surface area contributed by atoms with Gasteiger partial charge in [0.1, 0.15) is 5.66 Å². The molecule has 0 saturated heterocycles. The van der Waals surface area contributed by atoms with Crippen LogP contribution in [0.5, 0.6) is 0 Å². The van der Waals surface area contributed by atoms with Gasteiger partial charge in [0.25, 0.3) is 0 Å². The number of fused-ring (bicyclic) bond motifs is 1. The minimum Gasteiger partial charge on any atom is -0.481 e. The molecule has 0 aromatic heterocycles. The lowest BCUT2D eigenvalue weighted by molar-refractivity contribution is -0.147. The van der Waals surface area contributed by atoms with Gasteiger partial charge in [-0.05, 0) is 61.9 Å². The number of carbonyl (C=O) groups is 2. The molecule has 6 rings (SSSR count). The van der Waals surface area contributed by atoms with Crippen molar-refractivity contribution in [2.45, 2.75) is 38.8 Å². The van der Waals surface area contributed by atoms with E-state index in [1.807, 2.05) is 72.8 Å². The zero-order chi connectivity index (χ0) is 31.4. The van der Waals surface area contributed by atoms with Crippen molar-refractivity contribution in [1.29, 1.82) is 0 Å². The van der Waals surface area contributed by atoms with Crippen molar-refractivity contribution in [3.05, 3.63) is 96.6 Å². The highest BCUT2D eigenvalue weighted by atomic mass is 16.5. The van der Waals surface area contributed by atoms with E-state index in [1.165, 1.54) is 0 Å². The first-order valence-electron chi connectivity index (χ1n) is 14.7. The summed E-state index contributed by atoms with van der Waals surface area (Å²) in [5.74, 6) is -1.54. The van der Waals surface area contributed by atoms with Crippen molar-refractivity contribution >= 4 is 67.6 Å². The second-order valence-corrected chi connectivity index (χ2v) is 11.3. The van der Waals surface area contributed by atoms with Gasteiger partial charge in [-0.1, -0.05) is 48.5 Å². The average molecular weight is 601 g/mol. The Bertz CT molecular complexity index is 1950. The maximum absolute atomic E-state index is 11.6. The molecular formula is C35H32N6O4. The fourth-order valence-electron chi connectivity index (χ4n) is 5.35. The van der Waals surface area contributed by atoms with Crippen LogP contribution in [0.1, 0.15) is 32.3 Å². The summed E-state index contributed by atoms with van der Waals surface area (Å²) in [7, 11) is 0. The van der Waals surface area contributed by atoms with E-state index in [0.717, 1.165) is 49.9 Å². The molecule has 45 heavy (non-hydrogen) atoms. The second-order valence-electron chi connectivity index (χ2n) is 11.3. The Morgan fingerprint density at radius 3 is 1.93 bits per heavy atom. The van der Waals surface area contributed by atoms with E-state index >= 15 is 0 Å². The van der Waals surface area contributed by atoms with Gasteiger partial charge in [-0.3, -0.25) is 9.59 Å². The number of nitrogens with one attached hydrogen (secondary N) is 2. The first-order valence-corrected chi connectivity index (χ1v) is 14.7. The van der Waals surface area contributed by atoms with Gasteiger partial charge in [-0.15, -0.1) is 15.3 Å². The molecule has 0 aliphatic carbocycles. The predicted molar refractivity (Wildman–Crippen MR) is 176 cm³/mol. The zero-order valence-electron chi connectivity index (χ0n) is 24.9. The number of carboxylic acids is 1. The SMILES string of the molecule is CC1(C)Nc2cccc3c(N=Nc4ccc(N=Nc5ccc(CCOC(=O)CCC(=O)O)cc5)c5ccccc45)ccc(c23)N1. The van der Waals surface area contributed by atoms with Crippen LogP contribution in [0.4, 0.5) is 34.1 Å². The molecule has 1 aliphatic rings. The van der Waals surface area contributed by atoms with Crippen molar-refractivity contribution in [1.82, 2.24) is 0 Å². The van der Waals surface area contributed by atoms with E-state index in [-0.39, 0.29) is 25.1 Å². The van der Waals surface area contributed by atoms with Crippen molar-refractivity contribution in [3.63, 3.8) is 0 Å². The second kappa shape index (κ2) is 12.5. The summed E-state index contributed by atoms with van der Waals surface area (Å²) in [4.78, 5) is 22.2. The largest absolute Gasteiger partial charge is 0.481 e. The molecular weight excluding hydrogens is 568 g/mol. The van der Waals surface area contributed by atoms with Crippen LogP contribution in [0.15, 0.2) is 111 Å². The molecule has 0 radical (unpaired) electrons. The summed E-state index contributed by atoms with van der Waals surface area (Å²) >= 11 is 0. The molecule has 0 bridgehead atoms. The van der Waals surface area contributed by atoms with Crippen LogP contribution in [-0.2, 0) is 20.7 Å². The third-order valence-corrected chi connectivity index (χ3v) is 7.46. The maximum atomic E-state index is 11.6. The molecule has 5 aromatic carbocycles. The zero-order valence-corrected chi connectivity index (χ0v) is 24.9. The number of carboxylic acid groups (broad SMARTS) is 1. The van der Waals surface area contributed by atoms with Crippen molar-refractivity contribution in [2.75, 3.05) is 17.2 Å². The van der Waals surface area contributed by atoms with Gasteiger partial charge < -0.3 is 20.5 Å². The van der Waals surface area contributed by atoms with E-state index in [9.17, 15) is 9.59 Å². The molecule has 0 saturated carbocycles. The molecule has 10 nitrogen and oxygen atoms in total. The molecule has 0 fully saturated rings. The predicted octanol–water partition coefficient (Wildman–Crippen LogP) is 9.35. The number of ether oxygens (including phenoxy) is 1. The third-order valence-electron chi connectivity index (χ3n) is 7.46. The van der Waals surface area contributed by atoms with Gasteiger partial charge in [0, 0.05) is 39.3 Å². The lowest BCUT2D eigenvalue weighted by Crippen LogP contribution is -2.41. The Morgan fingerprint density at radius 1 is 0.689 bits per heavy atom. The lowest BCUT2D eigenvalue weighted by Gasteiger charge is -2.36. The molecule has 0 spiro atoms. The summed E-state index contributed by atoms with van der Waals surface area (Å²) in [5, 5.41) is 38.0. The standard InChI is InChI=1S/C35H32N6O4/c1-35(2)36-30-9-5-8-26-29(16-17-31(37-35)34(26)30)41-40-28-15-14-27(24-6-3-4-7-25(24)28)39-38-23-12-10-22(11-13-23)20-21-45-33(44)19-18-32(42)43/h3-17,36-37H,18-21H2,1-2H3,(H,42,43). The molecule has 1 aliphatic heterocycles. The van der Waals surface area contributed by atoms with Crippen molar-refractivity contribution < 1.29 is 19.4 Å². The molecule has 0 amide bonds. The van der Waals surface area contributed by atoms with Crippen LogP contribution in [0.3, 0.4) is 0 Å². The Hall–Kier alpha value is -5.64. The van der Waals surface area contributed by atoms with Crippen LogP contribution < -0.4 is 10.6 Å². The van der Waals surface area contributed by atoms with Gasteiger partial charge >= 0.3 is 11.9 Å². The molecule has 226 valence electrons. The van der Waals surface area contributed by atoms with Crippen molar-refractivity contribution in [3.8, 4) is 0 Å². The number of esters is 1. The fourth-order valence-corrected chi connectivity index (χ4v) is 5.35. The number of benzene rings is 5. The molecule has 5 aromatic rings. The normalized spacial score (nSPS) is 13.6. The summed E-state index contributed by atoms with van der Waals surface area (Å²) in [5.41, 5.74) is 5.75. The summed E-state index contributed by atoms with van der Waals surface area (Å²) in [6.07, 6.45) is 0.152. The highest BCUT2D eigenvalue weighted by molar-refractivity contribution is 6.09. The van der Waals surface area contributed by atoms with E-state index < -0.39 is 11.9 Å². The first-order chi connectivity index (χ1) is 21.8. The first kappa shape index (κ1) is 29.4. The molecule has 3 N–H and O–H groups in total. The molecule has 0 unspecified atom stereocenters. The van der Waals surface area contributed by atoms with E-state index in [4.69, 9.17) is 9.84 Å². The number of rotatable bonds is 10. The number of hydrogen-bond donors (Lipinski definition) is 3. The molecule has 10 heteroatoms. The summed E-state index contributed by atoms with van der Waals surface area (Å²) in [6, 6.07) is 29.4. The smallest absolute Gasteiger partial charge is 0.306 e. The number of carbonyl (C=O) groups excluding carboxylic acids is 1. The summed E-state index contributed by atoms with van der Waals surface area (Å²) < 4.78 is 5.10. The maximum Gasteiger partial charge on any atom is 0.306 e. The van der Waals surface area contributed by atoms with Crippen molar-refractivity contribution in [2.24, 2.45) is 20.5 Å². The minimum absolute atomic E-state index is 0.131. The van der Waals surface area contributed by atoms with Gasteiger partial charge in [0.05, 0.1) is 42.2 Å². The van der Waals surface area contributed by atoms with Crippen LogP contribution in [0.25, 0.3) is 21.5 Å². The fraction of sp³-hybridized carbons (Fsp3) is 0.200. The Labute approximate surface area is 259 Å². The number of anilines is 2. The van der Waals surface area contributed by atoms with Crippen LogP contribution in [0.2, 0.25) is 0 Å². The quantitative estimate of drug-likeness (QED) is 0.108. The average Bonchev–Trinajstić information content (AvgIpc) is 3.03. The number of aliphatic carboxylic acids is 1. The third kappa shape index (κ3) is 6.80. The molecule has 1 heterocycles. The number of azo groups is 2. The van der Waals surface area contributed by atoms with Gasteiger partial charge in [-0.2, -0.15) is 5.11 Å². The van der Waals surface area contributed by atoms with Crippen LogP contribution >= 0.6 is 0 Å². The monoisotopic (exact) mass is 600 g/mol. The number of hydrogen-bond acceptors (Lipinski definition) is 9. The van der Waals surface area contributed by atoms with Gasteiger partial charge in [0.2, 0.25) is 0 Å². The Balaban J connectivity index is 1.17. The highest BCUT2D eigenvalue weighted by Crippen LogP contribution is 2.42. The highest BCUT2D eigenvalue weighted by Gasteiger charge is 2.25. The molecule has 0 atom stereocenters. The van der Waals surface area contributed by atoms with Crippen LogP contribution in [0, 0.1) is 0 Å². The lowest BCUT2D eigenvalue weighted by atomic mass is 10.00. The van der Waals surface area contributed by atoms with Gasteiger partial charge in [-0.25, -0.2) is 0 Å². The van der Waals surface area contributed by atoms with E-state index in [2.05, 4.69) is 63.1 Å². The summed E-state index contributed by atoms with van der Waals surface area (Å²) in [6.45, 7) is 4.39. The van der Waals surface area contributed by atoms with E-state index in [1.54, 1.807) is 0 Å². The van der Waals surface area contributed by atoms with Crippen LogP contribution in [-0.4, -0.2) is 29.3 Å². The number of nitrogens with zero attached hydrogens (tertiary/aromatic N) is 4. The topological polar surface area (TPSA) is 137 Å². The van der Waals surface area contributed by atoms with Gasteiger partial charge in [0.15, 0.2) is 0 Å².